The van der Waals surface area contributed by atoms with Crippen molar-refractivity contribution in [2.45, 2.75) is 32.3 Å². The van der Waals surface area contributed by atoms with Gasteiger partial charge in [-0.1, -0.05) is 0 Å². The van der Waals surface area contributed by atoms with Crippen molar-refractivity contribution in [3.8, 4) is 0 Å². The number of nitro benzene ring substituents is 1. The predicted molar refractivity (Wildman–Crippen MR) is 83.1 cm³/mol. The second kappa shape index (κ2) is 7.22. The number of hydrogen-bond acceptors (Lipinski definition) is 4. The first-order valence-electron chi connectivity index (χ1n) is 7.36. The molecule has 1 aromatic carbocycles. The molecule has 7 nitrogen and oxygen atoms in total. The molecule has 0 bridgehead atoms. The normalized spacial score (nSPS) is 17.8. The van der Waals surface area contributed by atoms with Crippen LogP contribution in [-0.4, -0.2) is 42.2 Å². The molecule has 1 heterocycles. The quantitative estimate of drug-likeness (QED) is 0.684. The number of likely N-dealkylation sites (N-methyl/N-ethyl adjacent to an activating group) is 1. The summed E-state index contributed by atoms with van der Waals surface area (Å²) in [4.78, 5) is 24.1. The summed E-state index contributed by atoms with van der Waals surface area (Å²) in [7, 11) is 1.71. The van der Waals surface area contributed by atoms with Crippen LogP contribution in [0.3, 0.4) is 0 Å². The minimum atomic E-state index is -0.437. The number of nitrogens with zero attached hydrogens (tertiary/aromatic N) is 2. The molecule has 1 N–H and O–H groups in total. The molecule has 0 radical (unpaired) electrons. The molecule has 1 aliphatic heterocycles. The van der Waals surface area contributed by atoms with Crippen molar-refractivity contribution in [1.82, 2.24) is 4.90 Å². The van der Waals surface area contributed by atoms with Gasteiger partial charge in [-0.3, -0.25) is 10.1 Å². The Morgan fingerprint density at radius 1 is 1.50 bits per heavy atom. The van der Waals surface area contributed by atoms with Gasteiger partial charge in [-0.15, -0.1) is 0 Å². The smallest absolute Gasteiger partial charge is 0.321 e. The van der Waals surface area contributed by atoms with E-state index in [-0.39, 0.29) is 17.8 Å². The number of carbonyl (C=O) groups is 1. The molecule has 1 aliphatic rings. The topological polar surface area (TPSA) is 84.7 Å². The second-order valence-corrected chi connectivity index (χ2v) is 5.56. The molecule has 0 unspecified atom stereocenters. The summed E-state index contributed by atoms with van der Waals surface area (Å²) in [6.07, 6.45) is 3.26. The first-order chi connectivity index (χ1) is 10.5. The van der Waals surface area contributed by atoms with Crippen molar-refractivity contribution in [3.63, 3.8) is 0 Å². The SMILES string of the molecule is Cc1cc(NC(=O)N(C)C[C@@H]2CCCCO2)ccc1[N+](=O)[O-]. The number of hydrogen-bond donors (Lipinski definition) is 1. The van der Waals surface area contributed by atoms with E-state index in [1.165, 1.54) is 12.1 Å². The fourth-order valence-electron chi connectivity index (χ4n) is 2.50. The van der Waals surface area contributed by atoms with E-state index in [1.54, 1.807) is 24.9 Å². The minimum Gasteiger partial charge on any atom is -0.376 e. The number of rotatable bonds is 4. The van der Waals surface area contributed by atoms with E-state index in [0.29, 0.717) is 17.8 Å². The van der Waals surface area contributed by atoms with Gasteiger partial charge in [-0.2, -0.15) is 0 Å². The highest BCUT2D eigenvalue weighted by Gasteiger charge is 2.19. The van der Waals surface area contributed by atoms with Crippen LogP contribution in [0.1, 0.15) is 24.8 Å². The van der Waals surface area contributed by atoms with Crippen LogP contribution in [-0.2, 0) is 4.74 Å². The lowest BCUT2D eigenvalue weighted by Crippen LogP contribution is -2.39. The van der Waals surface area contributed by atoms with Gasteiger partial charge in [0.05, 0.1) is 11.0 Å². The standard InChI is InChI=1S/C15H21N3O4/c1-11-9-12(6-7-14(11)18(20)21)16-15(19)17(2)10-13-5-3-4-8-22-13/h6-7,9,13H,3-5,8,10H2,1-2H3,(H,16,19)/t13-/m0/s1. The summed E-state index contributed by atoms with van der Waals surface area (Å²) in [5.74, 6) is 0. The number of amides is 2. The number of benzene rings is 1. The predicted octanol–water partition coefficient (Wildman–Crippen LogP) is 2.94. The van der Waals surface area contributed by atoms with Gasteiger partial charge in [0.15, 0.2) is 0 Å². The zero-order valence-electron chi connectivity index (χ0n) is 12.9. The van der Waals surface area contributed by atoms with Crippen LogP contribution in [0.2, 0.25) is 0 Å². The number of urea groups is 1. The zero-order valence-corrected chi connectivity index (χ0v) is 12.9. The maximum absolute atomic E-state index is 12.1. The Morgan fingerprint density at radius 3 is 2.86 bits per heavy atom. The summed E-state index contributed by atoms with van der Waals surface area (Å²) in [6.45, 7) is 2.94. The molecule has 1 atom stereocenters. The van der Waals surface area contributed by atoms with Crippen LogP contribution in [0.25, 0.3) is 0 Å². The van der Waals surface area contributed by atoms with Crippen molar-refractivity contribution in [2.24, 2.45) is 0 Å². The van der Waals surface area contributed by atoms with Gasteiger partial charge in [-0.25, -0.2) is 4.79 Å². The molecule has 1 aromatic rings. The lowest BCUT2D eigenvalue weighted by atomic mass is 10.1. The maximum Gasteiger partial charge on any atom is 0.321 e. The average molecular weight is 307 g/mol. The van der Waals surface area contributed by atoms with E-state index < -0.39 is 4.92 Å². The third-order valence-electron chi connectivity index (χ3n) is 3.74. The van der Waals surface area contributed by atoms with Crippen molar-refractivity contribution in [3.05, 3.63) is 33.9 Å². The largest absolute Gasteiger partial charge is 0.376 e. The van der Waals surface area contributed by atoms with Crippen LogP contribution in [0.15, 0.2) is 18.2 Å². The molecule has 0 aliphatic carbocycles. The average Bonchev–Trinajstić information content (AvgIpc) is 2.47. The van der Waals surface area contributed by atoms with Gasteiger partial charge in [-0.05, 0) is 38.3 Å². The monoisotopic (exact) mass is 307 g/mol. The Hall–Kier alpha value is -2.15. The summed E-state index contributed by atoms with van der Waals surface area (Å²) >= 11 is 0. The molecular formula is C15H21N3O4. The Bertz CT molecular complexity index is 556. The number of anilines is 1. The van der Waals surface area contributed by atoms with Gasteiger partial charge >= 0.3 is 6.03 Å². The molecule has 120 valence electrons. The summed E-state index contributed by atoms with van der Waals surface area (Å²) in [6, 6.07) is 4.28. The van der Waals surface area contributed by atoms with E-state index in [0.717, 1.165) is 25.9 Å². The fraction of sp³-hybridized carbons (Fsp3) is 0.533. The van der Waals surface area contributed by atoms with Crippen molar-refractivity contribution in [2.75, 3.05) is 25.5 Å². The Balaban J connectivity index is 1.93. The molecule has 1 saturated heterocycles. The summed E-state index contributed by atoms with van der Waals surface area (Å²) < 4.78 is 5.61. The molecule has 0 saturated carbocycles. The molecule has 7 heteroatoms. The molecule has 2 amide bonds. The highest BCUT2D eigenvalue weighted by Crippen LogP contribution is 2.22. The highest BCUT2D eigenvalue weighted by molar-refractivity contribution is 5.89. The third kappa shape index (κ3) is 4.17. The van der Waals surface area contributed by atoms with Gasteiger partial charge in [0, 0.05) is 37.5 Å². The van der Waals surface area contributed by atoms with Crippen molar-refractivity contribution in [1.29, 1.82) is 0 Å². The van der Waals surface area contributed by atoms with Crippen LogP contribution in [0, 0.1) is 17.0 Å². The summed E-state index contributed by atoms with van der Waals surface area (Å²) in [5, 5.41) is 13.5. The fourth-order valence-corrected chi connectivity index (χ4v) is 2.50. The Morgan fingerprint density at radius 2 is 2.27 bits per heavy atom. The van der Waals surface area contributed by atoms with Gasteiger partial charge in [0.2, 0.25) is 0 Å². The van der Waals surface area contributed by atoms with Crippen molar-refractivity contribution < 1.29 is 14.5 Å². The second-order valence-electron chi connectivity index (χ2n) is 5.56. The number of ether oxygens (including phenoxy) is 1. The third-order valence-corrected chi connectivity index (χ3v) is 3.74. The molecular weight excluding hydrogens is 286 g/mol. The minimum absolute atomic E-state index is 0.0435. The van der Waals surface area contributed by atoms with E-state index >= 15 is 0 Å². The number of carbonyl (C=O) groups excluding carboxylic acids is 1. The summed E-state index contributed by atoms with van der Waals surface area (Å²) in [5.41, 5.74) is 1.10. The van der Waals surface area contributed by atoms with Crippen LogP contribution in [0.5, 0.6) is 0 Å². The van der Waals surface area contributed by atoms with E-state index in [2.05, 4.69) is 5.32 Å². The number of nitro groups is 1. The van der Waals surface area contributed by atoms with Crippen molar-refractivity contribution >= 4 is 17.4 Å². The lowest BCUT2D eigenvalue weighted by Gasteiger charge is -2.27. The van der Waals surface area contributed by atoms with E-state index in [1.807, 2.05) is 0 Å². The molecule has 2 rings (SSSR count). The maximum atomic E-state index is 12.1. The number of aryl methyl sites for hydroxylation is 1. The van der Waals surface area contributed by atoms with Gasteiger partial charge in [0.25, 0.3) is 5.69 Å². The number of nitrogens with one attached hydrogen (secondary N) is 1. The molecule has 0 aromatic heterocycles. The Kier molecular flexibility index (Phi) is 5.32. The van der Waals surface area contributed by atoms with Gasteiger partial charge < -0.3 is 15.0 Å². The Labute approximate surface area is 129 Å². The molecule has 22 heavy (non-hydrogen) atoms. The van der Waals surface area contributed by atoms with Gasteiger partial charge in [0.1, 0.15) is 0 Å². The zero-order chi connectivity index (χ0) is 16.1. The molecule has 1 fully saturated rings. The van der Waals surface area contributed by atoms with Crippen LogP contribution < -0.4 is 5.32 Å². The van der Waals surface area contributed by atoms with E-state index in [4.69, 9.17) is 4.74 Å². The lowest BCUT2D eigenvalue weighted by molar-refractivity contribution is -0.385. The van der Waals surface area contributed by atoms with E-state index in [9.17, 15) is 14.9 Å². The first kappa shape index (κ1) is 16.2. The molecule has 0 spiro atoms. The first-order valence-corrected chi connectivity index (χ1v) is 7.36. The van der Waals surface area contributed by atoms with Crippen LogP contribution >= 0.6 is 0 Å². The van der Waals surface area contributed by atoms with Crippen LogP contribution in [0.4, 0.5) is 16.2 Å². The highest BCUT2D eigenvalue weighted by atomic mass is 16.6.